The molecule has 5 heteroatoms. The summed E-state index contributed by atoms with van der Waals surface area (Å²) in [6, 6.07) is 0.504. The van der Waals surface area contributed by atoms with Crippen molar-refractivity contribution in [1.29, 1.82) is 0 Å². The van der Waals surface area contributed by atoms with Gasteiger partial charge in [0.1, 0.15) is 5.82 Å². The molecule has 0 aliphatic carbocycles. The van der Waals surface area contributed by atoms with Crippen LogP contribution in [0.15, 0.2) is 12.4 Å². The first kappa shape index (κ1) is 10.3. The first-order valence-electron chi connectivity index (χ1n) is 5.10. The standard InChI is InChI=1S/C10H16N4O/c1-14(9-2-3-15-7-9)6-8-4-13-10(11)5-12-8/h4-5,9H,2-3,6-7H2,1H3,(H2,11,13). The van der Waals surface area contributed by atoms with Gasteiger partial charge in [-0.1, -0.05) is 0 Å². The van der Waals surface area contributed by atoms with Crippen molar-refractivity contribution >= 4 is 5.82 Å². The average molecular weight is 208 g/mol. The van der Waals surface area contributed by atoms with Gasteiger partial charge in [-0.2, -0.15) is 0 Å². The molecule has 1 aliphatic rings. The lowest BCUT2D eigenvalue weighted by Gasteiger charge is -2.21. The van der Waals surface area contributed by atoms with E-state index in [1.54, 1.807) is 12.4 Å². The lowest BCUT2D eigenvalue weighted by Crippen LogP contribution is -2.31. The lowest BCUT2D eigenvalue weighted by molar-refractivity contribution is 0.155. The topological polar surface area (TPSA) is 64.3 Å². The highest BCUT2D eigenvalue weighted by Gasteiger charge is 2.20. The molecule has 1 unspecified atom stereocenters. The Morgan fingerprint density at radius 1 is 1.53 bits per heavy atom. The van der Waals surface area contributed by atoms with E-state index < -0.39 is 0 Å². The van der Waals surface area contributed by atoms with E-state index >= 15 is 0 Å². The summed E-state index contributed by atoms with van der Waals surface area (Å²) < 4.78 is 5.34. The zero-order valence-corrected chi connectivity index (χ0v) is 8.89. The van der Waals surface area contributed by atoms with E-state index in [1.807, 2.05) is 0 Å². The molecule has 0 bridgehead atoms. The molecule has 0 radical (unpaired) electrons. The molecule has 1 saturated heterocycles. The van der Waals surface area contributed by atoms with Gasteiger partial charge in [0.25, 0.3) is 0 Å². The van der Waals surface area contributed by atoms with Crippen LogP contribution in [0.1, 0.15) is 12.1 Å². The van der Waals surface area contributed by atoms with Crippen LogP contribution in [0.4, 0.5) is 5.82 Å². The van der Waals surface area contributed by atoms with Crippen molar-refractivity contribution in [2.24, 2.45) is 0 Å². The first-order chi connectivity index (χ1) is 7.25. The predicted molar refractivity (Wildman–Crippen MR) is 57.1 cm³/mol. The summed E-state index contributed by atoms with van der Waals surface area (Å²) in [5.74, 6) is 0.464. The Labute approximate surface area is 89.3 Å². The Kier molecular flexibility index (Phi) is 3.13. The van der Waals surface area contributed by atoms with Gasteiger partial charge in [-0.15, -0.1) is 0 Å². The minimum Gasteiger partial charge on any atom is -0.382 e. The van der Waals surface area contributed by atoms with Crippen LogP contribution in [0.5, 0.6) is 0 Å². The third-order valence-electron chi connectivity index (χ3n) is 2.67. The van der Waals surface area contributed by atoms with Gasteiger partial charge in [0.05, 0.1) is 24.7 Å². The van der Waals surface area contributed by atoms with Crippen LogP contribution in [0.25, 0.3) is 0 Å². The Morgan fingerprint density at radius 3 is 3.00 bits per heavy atom. The summed E-state index contributed by atoms with van der Waals surface area (Å²) in [5, 5.41) is 0. The van der Waals surface area contributed by atoms with Crippen LogP contribution in [0.3, 0.4) is 0 Å². The van der Waals surface area contributed by atoms with E-state index in [0.717, 1.165) is 31.9 Å². The fourth-order valence-electron chi connectivity index (χ4n) is 1.70. The summed E-state index contributed by atoms with van der Waals surface area (Å²) in [6.45, 7) is 2.47. The summed E-state index contributed by atoms with van der Waals surface area (Å²) in [6.07, 6.45) is 4.41. The molecule has 0 saturated carbocycles. The maximum Gasteiger partial charge on any atom is 0.141 e. The molecule has 0 amide bonds. The van der Waals surface area contributed by atoms with Crippen molar-refractivity contribution in [1.82, 2.24) is 14.9 Å². The Balaban J connectivity index is 1.92. The number of anilines is 1. The molecule has 1 aliphatic heterocycles. The number of likely N-dealkylation sites (N-methyl/N-ethyl adjacent to an activating group) is 1. The number of nitrogens with two attached hydrogens (primary N) is 1. The molecule has 2 rings (SSSR count). The SMILES string of the molecule is CN(Cc1cnc(N)cn1)C1CCOC1. The van der Waals surface area contributed by atoms with Crippen molar-refractivity contribution in [2.45, 2.75) is 19.0 Å². The van der Waals surface area contributed by atoms with E-state index in [9.17, 15) is 0 Å². The molecule has 0 spiro atoms. The summed E-state index contributed by atoms with van der Waals surface area (Å²) in [4.78, 5) is 10.5. The van der Waals surface area contributed by atoms with E-state index in [-0.39, 0.29) is 0 Å². The van der Waals surface area contributed by atoms with E-state index in [4.69, 9.17) is 10.5 Å². The number of nitrogen functional groups attached to an aromatic ring is 1. The van der Waals surface area contributed by atoms with Crippen LogP contribution in [0, 0.1) is 0 Å². The minimum absolute atomic E-state index is 0.464. The van der Waals surface area contributed by atoms with Gasteiger partial charge in [-0.05, 0) is 13.5 Å². The second kappa shape index (κ2) is 4.55. The fourth-order valence-corrected chi connectivity index (χ4v) is 1.70. The van der Waals surface area contributed by atoms with Crippen molar-refractivity contribution in [3.63, 3.8) is 0 Å². The van der Waals surface area contributed by atoms with Crippen LogP contribution >= 0.6 is 0 Å². The molecular formula is C10H16N4O. The third kappa shape index (κ3) is 2.64. The molecule has 2 N–H and O–H groups in total. The van der Waals surface area contributed by atoms with Gasteiger partial charge >= 0.3 is 0 Å². The molecule has 1 fully saturated rings. The van der Waals surface area contributed by atoms with Crippen LogP contribution in [0.2, 0.25) is 0 Å². The minimum atomic E-state index is 0.464. The molecule has 1 aromatic rings. The van der Waals surface area contributed by atoms with Crippen molar-refractivity contribution in [3.05, 3.63) is 18.1 Å². The van der Waals surface area contributed by atoms with E-state index in [2.05, 4.69) is 21.9 Å². The van der Waals surface area contributed by atoms with Gasteiger partial charge in [-0.3, -0.25) is 9.88 Å². The summed E-state index contributed by atoms with van der Waals surface area (Å²) in [5.41, 5.74) is 6.42. The molecule has 5 nitrogen and oxygen atoms in total. The molecule has 1 aromatic heterocycles. The Bertz CT molecular complexity index is 308. The molecule has 0 aromatic carbocycles. The summed E-state index contributed by atoms with van der Waals surface area (Å²) >= 11 is 0. The fraction of sp³-hybridized carbons (Fsp3) is 0.600. The van der Waals surface area contributed by atoms with Gasteiger partial charge in [0, 0.05) is 19.2 Å². The highest BCUT2D eigenvalue weighted by molar-refractivity contribution is 5.22. The zero-order valence-electron chi connectivity index (χ0n) is 8.89. The average Bonchev–Trinajstić information content (AvgIpc) is 2.74. The van der Waals surface area contributed by atoms with Crippen molar-refractivity contribution in [3.8, 4) is 0 Å². The quantitative estimate of drug-likeness (QED) is 0.773. The first-order valence-corrected chi connectivity index (χ1v) is 5.10. The predicted octanol–water partition coefficient (Wildman–Crippen LogP) is 0.279. The van der Waals surface area contributed by atoms with Crippen molar-refractivity contribution < 1.29 is 4.74 Å². The maximum atomic E-state index is 5.47. The molecule has 2 heterocycles. The van der Waals surface area contributed by atoms with Crippen molar-refractivity contribution in [2.75, 3.05) is 26.0 Å². The van der Waals surface area contributed by atoms with Crippen LogP contribution in [-0.2, 0) is 11.3 Å². The molecular weight excluding hydrogens is 192 g/mol. The van der Waals surface area contributed by atoms with E-state index in [1.165, 1.54) is 0 Å². The molecule has 15 heavy (non-hydrogen) atoms. The normalized spacial score (nSPS) is 21.1. The van der Waals surface area contributed by atoms with Crippen LogP contribution in [-0.4, -0.2) is 41.2 Å². The third-order valence-corrected chi connectivity index (χ3v) is 2.67. The number of ether oxygens (including phenoxy) is 1. The van der Waals surface area contributed by atoms with Gasteiger partial charge in [0.15, 0.2) is 0 Å². The zero-order chi connectivity index (χ0) is 10.7. The molecule has 1 atom stereocenters. The number of nitrogens with zero attached hydrogens (tertiary/aromatic N) is 3. The van der Waals surface area contributed by atoms with Crippen LogP contribution < -0.4 is 5.73 Å². The van der Waals surface area contributed by atoms with Gasteiger partial charge in [-0.25, -0.2) is 4.98 Å². The number of rotatable bonds is 3. The molecule has 82 valence electrons. The highest BCUT2D eigenvalue weighted by atomic mass is 16.5. The number of aromatic nitrogens is 2. The largest absolute Gasteiger partial charge is 0.382 e. The van der Waals surface area contributed by atoms with Gasteiger partial charge in [0.2, 0.25) is 0 Å². The monoisotopic (exact) mass is 208 g/mol. The highest BCUT2D eigenvalue weighted by Crippen LogP contribution is 2.12. The van der Waals surface area contributed by atoms with Gasteiger partial charge < -0.3 is 10.5 Å². The van der Waals surface area contributed by atoms with E-state index in [0.29, 0.717) is 11.9 Å². The number of hydrogen-bond donors (Lipinski definition) is 1. The second-order valence-electron chi connectivity index (χ2n) is 3.87. The lowest BCUT2D eigenvalue weighted by atomic mass is 10.2. The Hall–Kier alpha value is -1.20. The smallest absolute Gasteiger partial charge is 0.141 e. The summed E-state index contributed by atoms with van der Waals surface area (Å²) in [7, 11) is 2.08. The number of hydrogen-bond acceptors (Lipinski definition) is 5. The Morgan fingerprint density at radius 2 is 2.40 bits per heavy atom. The maximum absolute atomic E-state index is 5.47. The second-order valence-corrected chi connectivity index (χ2v) is 3.87.